The molecule has 0 fully saturated rings. The number of carbonyl (C=O) groups is 2. The number of nitrogens with one attached hydrogen (secondary N) is 2. The average Bonchev–Trinajstić information content (AvgIpc) is 3.17. The van der Waals surface area contributed by atoms with Gasteiger partial charge in [0.2, 0.25) is 5.91 Å². The monoisotopic (exact) mass is 482 g/mol. The van der Waals surface area contributed by atoms with Gasteiger partial charge in [0.25, 0.3) is 11.6 Å². The minimum atomic E-state index is -0.544. The van der Waals surface area contributed by atoms with Gasteiger partial charge in [-0.25, -0.2) is 0 Å². The minimum Gasteiger partial charge on any atom is -0.342 e. The molecule has 3 rings (SSSR count). The Bertz CT molecular complexity index is 1210. The van der Waals surface area contributed by atoms with Crippen molar-refractivity contribution in [1.82, 2.24) is 20.1 Å². The molecule has 0 bridgehead atoms. The minimum absolute atomic E-state index is 0.0345. The van der Waals surface area contributed by atoms with E-state index in [2.05, 4.69) is 20.8 Å². The van der Waals surface area contributed by atoms with E-state index in [0.717, 1.165) is 11.3 Å². The molecule has 0 aliphatic carbocycles. The molecule has 34 heavy (non-hydrogen) atoms. The van der Waals surface area contributed by atoms with E-state index in [4.69, 9.17) is 0 Å². The SMILES string of the molecule is Cc1ccccc1NC(=O)CSc1nnc([C@@H](NC(=O)c2cccc([N+](=O)[O-])c2)C(C)C)n1C. The summed E-state index contributed by atoms with van der Waals surface area (Å²) in [6, 6.07) is 12.6. The zero-order chi connectivity index (χ0) is 24.8. The van der Waals surface area contributed by atoms with Crippen LogP contribution in [0.15, 0.2) is 53.7 Å². The van der Waals surface area contributed by atoms with Gasteiger partial charge in [-0.05, 0) is 30.5 Å². The first-order chi connectivity index (χ1) is 16.2. The first-order valence-electron chi connectivity index (χ1n) is 10.6. The molecule has 1 aromatic heterocycles. The van der Waals surface area contributed by atoms with Gasteiger partial charge in [-0.3, -0.25) is 19.7 Å². The van der Waals surface area contributed by atoms with Crippen LogP contribution in [0.5, 0.6) is 0 Å². The number of benzene rings is 2. The molecule has 0 radical (unpaired) electrons. The number of rotatable bonds is 9. The second-order valence-electron chi connectivity index (χ2n) is 8.05. The fourth-order valence-electron chi connectivity index (χ4n) is 3.27. The summed E-state index contributed by atoms with van der Waals surface area (Å²) in [7, 11) is 1.77. The van der Waals surface area contributed by atoms with Gasteiger partial charge in [0.05, 0.1) is 16.7 Å². The van der Waals surface area contributed by atoms with Gasteiger partial charge in [-0.15, -0.1) is 10.2 Å². The number of anilines is 1. The normalized spacial score (nSPS) is 11.8. The highest BCUT2D eigenvalue weighted by Gasteiger charge is 2.26. The molecule has 0 unspecified atom stereocenters. The van der Waals surface area contributed by atoms with Crippen molar-refractivity contribution >= 4 is 35.0 Å². The molecule has 0 saturated carbocycles. The number of thioether (sulfide) groups is 1. The molecule has 178 valence electrons. The fourth-order valence-corrected chi connectivity index (χ4v) is 3.98. The van der Waals surface area contributed by atoms with E-state index < -0.39 is 16.9 Å². The Hall–Kier alpha value is -3.73. The number of non-ortho nitro benzene ring substituents is 1. The largest absolute Gasteiger partial charge is 0.342 e. The highest BCUT2D eigenvalue weighted by molar-refractivity contribution is 7.99. The lowest BCUT2D eigenvalue weighted by atomic mass is 10.0. The second-order valence-corrected chi connectivity index (χ2v) is 9.00. The van der Waals surface area contributed by atoms with Crippen LogP contribution < -0.4 is 10.6 Å². The Kier molecular flexibility index (Phi) is 8.00. The Balaban J connectivity index is 1.69. The summed E-state index contributed by atoms with van der Waals surface area (Å²) in [4.78, 5) is 35.7. The number of para-hydroxylation sites is 1. The topological polar surface area (TPSA) is 132 Å². The van der Waals surface area contributed by atoms with E-state index in [1.54, 1.807) is 11.6 Å². The van der Waals surface area contributed by atoms with Crippen LogP contribution in [-0.4, -0.2) is 37.3 Å². The van der Waals surface area contributed by atoms with Crippen molar-refractivity contribution in [1.29, 1.82) is 0 Å². The second kappa shape index (κ2) is 10.9. The van der Waals surface area contributed by atoms with Crippen LogP contribution in [0.2, 0.25) is 0 Å². The van der Waals surface area contributed by atoms with Gasteiger partial charge in [0.1, 0.15) is 0 Å². The van der Waals surface area contributed by atoms with Crippen molar-refractivity contribution in [3.63, 3.8) is 0 Å². The third-order valence-electron chi connectivity index (χ3n) is 5.17. The van der Waals surface area contributed by atoms with Crippen molar-refractivity contribution in [2.45, 2.75) is 32.0 Å². The van der Waals surface area contributed by atoms with Gasteiger partial charge in [-0.2, -0.15) is 0 Å². The van der Waals surface area contributed by atoms with E-state index in [1.165, 1.54) is 36.0 Å². The number of carbonyl (C=O) groups excluding carboxylic acids is 2. The Morgan fingerprint density at radius 2 is 1.88 bits per heavy atom. The van der Waals surface area contributed by atoms with Crippen LogP contribution in [-0.2, 0) is 11.8 Å². The van der Waals surface area contributed by atoms with E-state index >= 15 is 0 Å². The molecule has 0 aliphatic heterocycles. The van der Waals surface area contributed by atoms with E-state index in [0.29, 0.717) is 11.0 Å². The molecule has 10 nitrogen and oxygen atoms in total. The zero-order valence-corrected chi connectivity index (χ0v) is 20.1. The number of nitrogens with zero attached hydrogens (tertiary/aromatic N) is 4. The number of amides is 2. The highest BCUT2D eigenvalue weighted by Crippen LogP contribution is 2.25. The third-order valence-corrected chi connectivity index (χ3v) is 6.19. The molecule has 2 amide bonds. The lowest BCUT2D eigenvalue weighted by Gasteiger charge is -2.21. The molecule has 2 N–H and O–H groups in total. The molecule has 1 atom stereocenters. The van der Waals surface area contributed by atoms with Gasteiger partial charge in [0.15, 0.2) is 11.0 Å². The standard InChI is InChI=1S/C23H26N6O4S/c1-14(2)20(25-22(31)16-9-7-10-17(12-16)29(32)33)21-26-27-23(28(21)4)34-13-19(30)24-18-11-6-5-8-15(18)3/h5-12,14,20H,13H2,1-4H3,(H,24,30)(H,25,31)/t20-/m0/s1. The van der Waals surface area contributed by atoms with Gasteiger partial charge in [-0.1, -0.05) is 49.9 Å². The van der Waals surface area contributed by atoms with Crippen molar-refractivity contribution in [2.75, 3.05) is 11.1 Å². The van der Waals surface area contributed by atoms with E-state index in [-0.39, 0.29) is 28.8 Å². The molecule has 11 heteroatoms. The van der Waals surface area contributed by atoms with Crippen molar-refractivity contribution in [2.24, 2.45) is 13.0 Å². The van der Waals surface area contributed by atoms with Crippen LogP contribution in [0.1, 0.15) is 41.6 Å². The molecule has 0 saturated heterocycles. The summed E-state index contributed by atoms with van der Waals surface area (Å²) in [5, 5.41) is 25.8. The number of nitro groups is 1. The summed E-state index contributed by atoms with van der Waals surface area (Å²) in [6.45, 7) is 5.77. The number of nitro benzene ring substituents is 1. The molecular weight excluding hydrogens is 456 g/mol. The van der Waals surface area contributed by atoms with Crippen LogP contribution in [0.25, 0.3) is 0 Å². The summed E-state index contributed by atoms with van der Waals surface area (Å²) in [5.74, 6) is 0.0240. The Morgan fingerprint density at radius 1 is 1.15 bits per heavy atom. The molecule has 3 aromatic rings. The first-order valence-corrected chi connectivity index (χ1v) is 11.6. The maximum absolute atomic E-state index is 12.8. The molecule has 1 heterocycles. The van der Waals surface area contributed by atoms with Crippen LogP contribution in [0, 0.1) is 23.0 Å². The number of hydrogen-bond acceptors (Lipinski definition) is 7. The quantitative estimate of drug-likeness (QED) is 0.269. The molecule has 0 aliphatic rings. The summed E-state index contributed by atoms with van der Waals surface area (Å²) in [5.41, 5.74) is 1.76. The van der Waals surface area contributed by atoms with Crippen molar-refractivity contribution in [3.8, 4) is 0 Å². The number of aryl methyl sites for hydroxylation is 1. The van der Waals surface area contributed by atoms with E-state index in [1.807, 2.05) is 45.0 Å². The number of hydrogen-bond donors (Lipinski definition) is 2. The van der Waals surface area contributed by atoms with Crippen LogP contribution in [0.3, 0.4) is 0 Å². The van der Waals surface area contributed by atoms with Crippen LogP contribution >= 0.6 is 11.8 Å². The smallest absolute Gasteiger partial charge is 0.270 e. The summed E-state index contributed by atoms with van der Waals surface area (Å²) < 4.78 is 1.74. The van der Waals surface area contributed by atoms with Crippen molar-refractivity contribution in [3.05, 3.63) is 75.6 Å². The molecule has 0 spiro atoms. The Labute approximate surface area is 201 Å². The van der Waals surface area contributed by atoms with E-state index in [9.17, 15) is 19.7 Å². The lowest BCUT2D eigenvalue weighted by Crippen LogP contribution is -2.33. The van der Waals surface area contributed by atoms with Gasteiger partial charge >= 0.3 is 0 Å². The summed E-state index contributed by atoms with van der Waals surface area (Å²) >= 11 is 1.24. The third kappa shape index (κ3) is 5.98. The zero-order valence-electron chi connectivity index (χ0n) is 19.3. The van der Waals surface area contributed by atoms with Crippen molar-refractivity contribution < 1.29 is 14.5 Å². The van der Waals surface area contributed by atoms with Crippen LogP contribution in [0.4, 0.5) is 11.4 Å². The highest BCUT2D eigenvalue weighted by atomic mass is 32.2. The predicted octanol–water partition coefficient (Wildman–Crippen LogP) is 3.89. The predicted molar refractivity (Wildman–Crippen MR) is 130 cm³/mol. The molecular formula is C23H26N6O4S. The maximum Gasteiger partial charge on any atom is 0.270 e. The maximum atomic E-state index is 12.8. The lowest BCUT2D eigenvalue weighted by molar-refractivity contribution is -0.384. The first kappa shape index (κ1) is 24.9. The fraction of sp³-hybridized carbons (Fsp3) is 0.304. The average molecular weight is 483 g/mol. The van der Waals surface area contributed by atoms with Gasteiger partial charge in [0, 0.05) is 30.4 Å². The van der Waals surface area contributed by atoms with Gasteiger partial charge < -0.3 is 15.2 Å². The summed E-state index contributed by atoms with van der Waals surface area (Å²) in [6.07, 6.45) is 0. The molecule has 2 aromatic carbocycles. The number of aromatic nitrogens is 3. The Morgan fingerprint density at radius 3 is 2.56 bits per heavy atom.